The van der Waals surface area contributed by atoms with Gasteiger partial charge in [-0.1, -0.05) is 12.1 Å². The summed E-state index contributed by atoms with van der Waals surface area (Å²) in [6.45, 7) is 5.10. The Morgan fingerprint density at radius 2 is 2.00 bits per heavy atom. The maximum absolute atomic E-state index is 12.1. The number of aliphatic hydroxyl groups excluding tert-OH is 1. The molecule has 0 spiro atoms. The maximum Gasteiger partial charge on any atom is 0.240 e. The van der Waals surface area contributed by atoms with Crippen molar-refractivity contribution in [2.75, 3.05) is 6.54 Å². The Morgan fingerprint density at radius 1 is 1.39 bits per heavy atom. The van der Waals surface area contributed by atoms with E-state index in [9.17, 15) is 13.5 Å². The summed E-state index contributed by atoms with van der Waals surface area (Å²) in [7, 11) is -3.58. The van der Waals surface area contributed by atoms with E-state index in [2.05, 4.69) is 4.72 Å². The van der Waals surface area contributed by atoms with Crippen LogP contribution in [0.4, 0.5) is 0 Å². The summed E-state index contributed by atoms with van der Waals surface area (Å²) in [4.78, 5) is 0.250. The third-order valence-corrected chi connectivity index (χ3v) is 4.33. The minimum atomic E-state index is -3.58. The standard InChI is InChI=1S/C12H20N2O3S/c1-8-4-5-9(2)12(6-8)18(16,17)14-7-11(13)10(3)15/h4-6,10-11,14-15H,7,13H2,1-3H3. The van der Waals surface area contributed by atoms with E-state index in [0.29, 0.717) is 5.56 Å². The number of aryl methyl sites for hydroxylation is 2. The molecule has 0 aliphatic rings. The topological polar surface area (TPSA) is 92.4 Å². The van der Waals surface area contributed by atoms with E-state index in [-0.39, 0.29) is 11.4 Å². The molecule has 0 aliphatic heterocycles. The van der Waals surface area contributed by atoms with Gasteiger partial charge in [0.2, 0.25) is 10.0 Å². The lowest BCUT2D eigenvalue weighted by Gasteiger charge is -2.16. The zero-order valence-corrected chi connectivity index (χ0v) is 11.7. The fourth-order valence-corrected chi connectivity index (χ4v) is 2.85. The SMILES string of the molecule is Cc1ccc(C)c(S(=O)(=O)NCC(N)C(C)O)c1. The molecule has 0 amide bonds. The minimum Gasteiger partial charge on any atom is -0.392 e. The van der Waals surface area contributed by atoms with Crippen LogP contribution in [-0.2, 0) is 10.0 Å². The molecule has 18 heavy (non-hydrogen) atoms. The van der Waals surface area contributed by atoms with Gasteiger partial charge in [-0.3, -0.25) is 0 Å². The largest absolute Gasteiger partial charge is 0.392 e. The number of hydrogen-bond donors (Lipinski definition) is 3. The van der Waals surface area contributed by atoms with E-state index >= 15 is 0 Å². The average Bonchev–Trinajstić information content (AvgIpc) is 2.29. The number of benzene rings is 1. The van der Waals surface area contributed by atoms with Crippen molar-refractivity contribution in [3.8, 4) is 0 Å². The first-order valence-corrected chi connectivity index (χ1v) is 7.23. The molecule has 1 rings (SSSR count). The van der Waals surface area contributed by atoms with E-state index in [4.69, 9.17) is 5.73 Å². The lowest BCUT2D eigenvalue weighted by molar-refractivity contribution is 0.164. The van der Waals surface area contributed by atoms with Gasteiger partial charge in [-0.2, -0.15) is 0 Å². The molecule has 0 aromatic heterocycles. The molecule has 0 fully saturated rings. The van der Waals surface area contributed by atoms with Crippen LogP contribution in [0.5, 0.6) is 0 Å². The van der Waals surface area contributed by atoms with Gasteiger partial charge in [0.15, 0.2) is 0 Å². The van der Waals surface area contributed by atoms with Crippen LogP contribution in [0.15, 0.2) is 23.1 Å². The predicted octanol–water partition coefficient (Wildman–Crippen LogP) is 0.290. The van der Waals surface area contributed by atoms with Gasteiger partial charge in [-0.05, 0) is 38.0 Å². The van der Waals surface area contributed by atoms with Gasteiger partial charge in [0.1, 0.15) is 0 Å². The second-order valence-electron chi connectivity index (χ2n) is 4.53. The second kappa shape index (κ2) is 5.79. The van der Waals surface area contributed by atoms with Crippen LogP contribution >= 0.6 is 0 Å². The molecule has 0 heterocycles. The first kappa shape index (κ1) is 15.1. The molecule has 0 saturated carbocycles. The minimum absolute atomic E-state index is 0.00732. The van der Waals surface area contributed by atoms with Crippen molar-refractivity contribution >= 4 is 10.0 Å². The van der Waals surface area contributed by atoms with E-state index in [1.807, 2.05) is 13.0 Å². The Kier molecular flexibility index (Phi) is 4.86. The van der Waals surface area contributed by atoms with Crippen LogP contribution in [0.2, 0.25) is 0 Å². The van der Waals surface area contributed by atoms with Crippen molar-refractivity contribution in [1.29, 1.82) is 0 Å². The van der Waals surface area contributed by atoms with Gasteiger partial charge in [-0.25, -0.2) is 13.1 Å². The number of nitrogens with one attached hydrogen (secondary N) is 1. The van der Waals surface area contributed by atoms with Crippen molar-refractivity contribution in [3.63, 3.8) is 0 Å². The molecule has 1 aromatic carbocycles. The first-order valence-electron chi connectivity index (χ1n) is 5.74. The molecule has 0 radical (unpaired) electrons. The summed E-state index contributed by atoms with van der Waals surface area (Å²) in [6.07, 6.45) is -0.758. The zero-order valence-electron chi connectivity index (χ0n) is 10.8. The van der Waals surface area contributed by atoms with Crippen molar-refractivity contribution in [2.45, 2.75) is 37.8 Å². The summed E-state index contributed by atoms with van der Waals surface area (Å²) in [5, 5.41) is 9.23. The maximum atomic E-state index is 12.1. The highest BCUT2D eigenvalue weighted by Crippen LogP contribution is 2.16. The predicted molar refractivity (Wildman–Crippen MR) is 70.8 cm³/mol. The Hall–Kier alpha value is -0.950. The highest BCUT2D eigenvalue weighted by atomic mass is 32.2. The van der Waals surface area contributed by atoms with E-state index in [1.54, 1.807) is 19.1 Å². The summed E-state index contributed by atoms with van der Waals surface area (Å²) in [5.74, 6) is 0. The molecule has 0 bridgehead atoms. The average molecular weight is 272 g/mol. The van der Waals surface area contributed by atoms with Crippen LogP contribution in [0.25, 0.3) is 0 Å². The summed E-state index contributed by atoms with van der Waals surface area (Å²) in [6, 6.07) is 4.62. The molecule has 1 aromatic rings. The Bertz CT molecular complexity index is 512. The molecule has 2 unspecified atom stereocenters. The Labute approximate surface area is 108 Å². The third-order valence-electron chi connectivity index (χ3n) is 2.76. The van der Waals surface area contributed by atoms with Gasteiger partial charge in [0.05, 0.1) is 11.0 Å². The van der Waals surface area contributed by atoms with Crippen molar-refractivity contribution in [1.82, 2.24) is 4.72 Å². The highest BCUT2D eigenvalue weighted by Gasteiger charge is 2.19. The first-order chi connectivity index (χ1) is 8.24. The Morgan fingerprint density at radius 3 is 2.56 bits per heavy atom. The molecule has 102 valence electrons. The van der Waals surface area contributed by atoms with Crippen molar-refractivity contribution in [2.24, 2.45) is 5.73 Å². The number of aliphatic hydroxyl groups is 1. The van der Waals surface area contributed by atoms with Gasteiger partial charge in [-0.15, -0.1) is 0 Å². The van der Waals surface area contributed by atoms with E-state index in [0.717, 1.165) is 5.56 Å². The fourth-order valence-electron chi connectivity index (χ4n) is 1.45. The molecular weight excluding hydrogens is 252 g/mol. The van der Waals surface area contributed by atoms with Gasteiger partial charge in [0, 0.05) is 12.6 Å². The summed E-state index contributed by atoms with van der Waals surface area (Å²) in [5.41, 5.74) is 7.15. The van der Waals surface area contributed by atoms with Crippen LogP contribution in [0, 0.1) is 13.8 Å². The lowest BCUT2D eigenvalue weighted by atomic mass is 10.2. The summed E-state index contributed by atoms with van der Waals surface area (Å²) < 4.78 is 26.6. The van der Waals surface area contributed by atoms with Crippen LogP contribution in [-0.4, -0.2) is 32.2 Å². The smallest absolute Gasteiger partial charge is 0.240 e. The molecule has 2 atom stereocenters. The zero-order chi connectivity index (χ0) is 13.9. The van der Waals surface area contributed by atoms with Crippen LogP contribution in [0.3, 0.4) is 0 Å². The van der Waals surface area contributed by atoms with Gasteiger partial charge in [0.25, 0.3) is 0 Å². The number of hydrogen-bond acceptors (Lipinski definition) is 4. The molecule has 6 heteroatoms. The van der Waals surface area contributed by atoms with E-state index < -0.39 is 22.2 Å². The number of nitrogens with two attached hydrogens (primary N) is 1. The number of rotatable bonds is 5. The van der Waals surface area contributed by atoms with Crippen molar-refractivity contribution < 1.29 is 13.5 Å². The van der Waals surface area contributed by atoms with E-state index in [1.165, 1.54) is 6.92 Å². The molecule has 0 saturated heterocycles. The van der Waals surface area contributed by atoms with Crippen LogP contribution in [0.1, 0.15) is 18.1 Å². The molecular formula is C12H20N2O3S. The second-order valence-corrected chi connectivity index (χ2v) is 6.26. The lowest BCUT2D eigenvalue weighted by Crippen LogP contribution is -2.43. The van der Waals surface area contributed by atoms with Gasteiger partial charge >= 0.3 is 0 Å². The third kappa shape index (κ3) is 3.78. The highest BCUT2D eigenvalue weighted by molar-refractivity contribution is 7.89. The molecule has 5 nitrogen and oxygen atoms in total. The quantitative estimate of drug-likeness (QED) is 0.718. The van der Waals surface area contributed by atoms with Gasteiger partial charge < -0.3 is 10.8 Å². The fraction of sp³-hybridized carbons (Fsp3) is 0.500. The van der Waals surface area contributed by atoms with Crippen molar-refractivity contribution in [3.05, 3.63) is 29.3 Å². The van der Waals surface area contributed by atoms with Crippen LogP contribution < -0.4 is 10.5 Å². The number of sulfonamides is 1. The monoisotopic (exact) mass is 272 g/mol. The molecule has 4 N–H and O–H groups in total. The summed E-state index contributed by atoms with van der Waals surface area (Å²) >= 11 is 0. The normalized spacial score (nSPS) is 15.4. The Balaban J connectivity index is 2.90. The molecule has 0 aliphatic carbocycles.